The second-order valence-electron chi connectivity index (χ2n) is 6.30. The first kappa shape index (κ1) is 18.4. The van der Waals surface area contributed by atoms with Crippen LogP contribution in [-0.4, -0.2) is 31.2 Å². The van der Waals surface area contributed by atoms with Crippen molar-refractivity contribution in [2.24, 2.45) is 0 Å². The molecule has 0 N–H and O–H groups in total. The van der Waals surface area contributed by atoms with E-state index in [1.165, 1.54) is 21.6 Å². The highest BCUT2D eigenvalue weighted by Gasteiger charge is 2.12. The standard InChI is InChI=1S/C21H24N2O2S/c1-15-10-19(24-3)20(25-4)11-17(15)13-23(2)14-18-12-22-21(26-18)16-8-6-5-7-9-16/h5-12H,13-14H2,1-4H3. The summed E-state index contributed by atoms with van der Waals surface area (Å²) in [4.78, 5) is 8.11. The molecule has 136 valence electrons. The van der Waals surface area contributed by atoms with E-state index in [0.29, 0.717) is 0 Å². The van der Waals surface area contributed by atoms with E-state index in [1.54, 1.807) is 25.6 Å². The second-order valence-corrected chi connectivity index (χ2v) is 7.42. The van der Waals surface area contributed by atoms with Crippen molar-refractivity contribution in [3.63, 3.8) is 0 Å². The molecule has 3 rings (SSSR count). The van der Waals surface area contributed by atoms with Crippen molar-refractivity contribution >= 4 is 11.3 Å². The van der Waals surface area contributed by atoms with Gasteiger partial charge in [-0.15, -0.1) is 11.3 Å². The molecule has 0 aliphatic rings. The molecule has 4 nitrogen and oxygen atoms in total. The quantitative estimate of drug-likeness (QED) is 0.602. The predicted molar refractivity (Wildman–Crippen MR) is 107 cm³/mol. The molecule has 3 aromatic rings. The number of ether oxygens (including phenoxy) is 2. The highest BCUT2D eigenvalue weighted by atomic mass is 32.1. The molecule has 0 aliphatic carbocycles. The molecule has 0 radical (unpaired) electrons. The van der Waals surface area contributed by atoms with Gasteiger partial charge in [-0.3, -0.25) is 4.90 Å². The third-order valence-electron chi connectivity index (χ3n) is 4.28. The lowest BCUT2D eigenvalue weighted by molar-refractivity contribution is 0.318. The number of thiazole rings is 1. The summed E-state index contributed by atoms with van der Waals surface area (Å²) < 4.78 is 10.8. The minimum atomic E-state index is 0.769. The summed E-state index contributed by atoms with van der Waals surface area (Å²) in [6.07, 6.45) is 1.98. The van der Waals surface area contributed by atoms with Crippen LogP contribution in [0.2, 0.25) is 0 Å². The van der Waals surface area contributed by atoms with E-state index in [-0.39, 0.29) is 0 Å². The molecule has 0 bridgehead atoms. The Balaban J connectivity index is 1.70. The summed E-state index contributed by atoms with van der Waals surface area (Å²) in [5, 5.41) is 1.07. The largest absolute Gasteiger partial charge is 0.493 e. The Kier molecular flexibility index (Phi) is 5.91. The van der Waals surface area contributed by atoms with Crippen molar-refractivity contribution in [3.05, 3.63) is 64.7 Å². The van der Waals surface area contributed by atoms with E-state index in [2.05, 4.69) is 42.1 Å². The van der Waals surface area contributed by atoms with Gasteiger partial charge < -0.3 is 9.47 Å². The second kappa shape index (κ2) is 8.34. The SMILES string of the molecule is COc1cc(C)c(CN(C)Cc2cnc(-c3ccccc3)s2)cc1OC. The molecule has 1 heterocycles. The van der Waals surface area contributed by atoms with Crippen LogP contribution in [0.1, 0.15) is 16.0 Å². The number of hydrogen-bond donors (Lipinski definition) is 0. The average molecular weight is 369 g/mol. The Morgan fingerprint density at radius 1 is 1.00 bits per heavy atom. The van der Waals surface area contributed by atoms with Crippen LogP contribution in [0.3, 0.4) is 0 Å². The van der Waals surface area contributed by atoms with E-state index >= 15 is 0 Å². The fourth-order valence-corrected chi connectivity index (χ4v) is 3.90. The molecule has 0 aliphatic heterocycles. The Labute approximate surface area is 159 Å². The van der Waals surface area contributed by atoms with E-state index in [4.69, 9.17) is 9.47 Å². The maximum Gasteiger partial charge on any atom is 0.161 e. The van der Waals surface area contributed by atoms with Crippen molar-refractivity contribution < 1.29 is 9.47 Å². The first-order valence-electron chi connectivity index (χ1n) is 8.51. The number of rotatable bonds is 7. The third kappa shape index (κ3) is 4.23. The Bertz CT molecular complexity index is 862. The van der Waals surface area contributed by atoms with Gasteiger partial charge in [0.25, 0.3) is 0 Å². The summed E-state index contributed by atoms with van der Waals surface area (Å²) in [7, 11) is 5.46. The molecule has 0 spiro atoms. The van der Waals surface area contributed by atoms with E-state index in [9.17, 15) is 0 Å². The number of methoxy groups -OCH3 is 2. The molecule has 2 aromatic carbocycles. The highest BCUT2D eigenvalue weighted by molar-refractivity contribution is 7.15. The Morgan fingerprint density at radius 3 is 2.38 bits per heavy atom. The fourth-order valence-electron chi connectivity index (χ4n) is 2.90. The van der Waals surface area contributed by atoms with Crippen LogP contribution < -0.4 is 9.47 Å². The Morgan fingerprint density at radius 2 is 1.69 bits per heavy atom. The van der Waals surface area contributed by atoms with Gasteiger partial charge in [-0.05, 0) is 37.2 Å². The van der Waals surface area contributed by atoms with Crippen molar-refractivity contribution in [2.75, 3.05) is 21.3 Å². The van der Waals surface area contributed by atoms with Crippen LogP contribution >= 0.6 is 11.3 Å². The van der Waals surface area contributed by atoms with Crippen molar-refractivity contribution in [1.82, 2.24) is 9.88 Å². The summed E-state index contributed by atoms with van der Waals surface area (Å²) in [5.41, 5.74) is 3.60. The van der Waals surface area contributed by atoms with Gasteiger partial charge in [0.05, 0.1) is 14.2 Å². The zero-order valence-electron chi connectivity index (χ0n) is 15.7. The zero-order valence-corrected chi connectivity index (χ0v) is 16.5. The van der Waals surface area contributed by atoms with Gasteiger partial charge in [0, 0.05) is 29.7 Å². The van der Waals surface area contributed by atoms with E-state index < -0.39 is 0 Å². The summed E-state index contributed by atoms with van der Waals surface area (Å²) in [6, 6.07) is 14.4. The molecular formula is C21H24N2O2S. The maximum atomic E-state index is 5.43. The molecule has 5 heteroatoms. The summed E-state index contributed by atoms with van der Waals surface area (Å²) in [5.74, 6) is 1.54. The first-order chi connectivity index (χ1) is 12.6. The first-order valence-corrected chi connectivity index (χ1v) is 9.32. The molecule has 26 heavy (non-hydrogen) atoms. The monoisotopic (exact) mass is 368 g/mol. The lowest BCUT2D eigenvalue weighted by Gasteiger charge is -2.19. The van der Waals surface area contributed by atoms with Crippen molar-refractivity contribution in [3.8, 4) is 22.1 Å². The van der Waals surface area contributed by atoms with Gasteiger partial charge in [-0.25, -0.2) is 4.98 Å². The molecule has 0 atom stereocenters. The lowest BCUT2D eigenvalue weighted by Crippen LogP contribution is -2.17. The van der Waals surface area contributed by atoms with Gasteiger partial charge in [0.1, 0.15) is 5.01 Å². The highest BCUT2D eigenvalue weighted by Crippen LogP contribution is 2.31. The number of benzene rings is 2. The predicted octanol–water partition coefficient (Wildman–Crippen LogP) is 4.77. The number of nitrogens with zero attached hydrogens (tertiary/aromatic N) is 2. The lowest BCUT2D eigenvalue weighted by atomic mass is 10.1. The van der Waals surface area contributed by atoms with Gasteiger partial charge in [-0.1, -0.05) is 30.3 Å². The number of aromatic nitrogens is 1. The maximum absolute atomic E-state index is 5.43. The molecule has 1 aromatic heterocycles. The summed E-state index contributed by atoms with van der Waals surface area (Å²) >= 11 is 1.75. The minimum Gasteiger partial charge on any atom is -0.493 e. The van der Waals surface area contributed by atoms with Crippen LogP contribution in [-0.2, 0) is 13.1 Å². The number of aryl methyl sites for hydroxylation is 1. The average Bonchev–Trinajstić information content (AvgIpc) is 3.12. The van der Waals surface area contributed by atoms with Crippen LogP contribution in [0, 0.1) is 6.92 Å². The van der Waals surface area contributed by atoms with Crippen molar-refractivity contribution in [2.45, 2.75) is 20.0 Å². The van der Waals surface area contributed by atoms with Gasteiger partial charge in [0.15, 0.2) is 11.5 Å². The smallest absolute Gasteiger partial charge is 0.161 e. The molecule has 0 unspecified atom stereocenters. The molecular weight excluding hydrogens is 344 g/mol. The van der Waals surface area contributed by atoms with Crippen LogP contribution in [0.15, 0.2) is 48.7 Å². The zero-order chi connectivity index (χ0) is 18.5. The molecule has 0 saturated carbocycles. The third-order valence-corrected chi connectivity index (χ3v) is 5.31. The summed E-state index contributed by atoms with van der Waals surface area (Å²) in [6.45, 7) is 3.80. The van der Waals surface area contributed by atoms with Gasteiger partial charge >= 0.3 is 0 Å². The fraction of sp³-hybridized carbons (Fsp3) is 0.286. The number of hydrogen-bond acceptors (Lipinski definition) is 5. The van der Waals surface area contributed by atoms with Gasteiger partial charge in [-0.2, -0.15) is 0 Å². The topological polar surface area (TPSA) is 34.6 Å². The van der Waals surface area contributed by atoms with Crippen molar-refractivity contribution in [1.29, 1.82) is 0 Å². The van der Waals surface area contributed by atoms with E-state index in [1.807, 2.05) is 30.5 Å². The van der Waals surface area contributed by atoms with Crippen LogP contribution in [0.4, 0.5) is 0 Å². The minimum absolute atomic E-state index is 0.769. The normalized spacial score (nSPS) is 11.0. The van der Waals surface area contributed by atoms with E-state index in [0.717, 1.165) is 29.6 Å². The van der Waals surface area contributed by atoms with Crippen LogP contribution in [0.25, 0.3) is 10.6 Å². The Hall–Kier alpha value is -2.37. The molecule has 0 fully saturated rings. The van der Waals surface area contributed by atoms with Crippen LogP contribution in [0.5, 0.6) is 11.5 Å². The molecule has 0 amide bonds. The molecule has 0 saturated heterocycles. The van der Waals surface area contributed by atoms with Gasteiger partial charge in [0.2, 0.25) is 0 Å².